The Hall–Kier alpha value is -1.98. The molecular weight excluding hydrogens is 228 g/mol. The summed E-state index contributed by atoms with van der Waals surface area (Å²) in [4.78, 5) is 13.3. The van der Waals surface area contributed by atoms with Crippen LogP contribution < -0.4 is 5.32 Å². The van der Waals surface area contributed by atoms with E-state index < -0.39 is 0 Å². The summed E-state index contributed by atoms with van der Waals surface area (Å²) in [5, 5.41) is 10.0. The Balaban J connectivity index is 2.02. The van der Waals surface area contributed by atoms with Crippen molar-refractivity contribution >= 4 is 5.82 Å². The number of nitrogens with zero attached hydrogens (tertiary/aromatic N) is 4. The molecule has 0 spiro atoms. The lowest BCUT2D eigenvalue weighted by Crippen LogP contribution is -2.08. The monoisotopic (exact) mass is 244 g/mol. The maximum Gasteiger partial charge on any atom is 0.199 e. The van der Waals surface area contributed by atoms with Crippen LogP contribution in [0.4, 0.5) is 5.82 Å². The minimum Gasteiger partial charge on any atom is -0.370 e. The van der Waals surface area contributed by atoms with Crippen molar-refractivity contribution in [1.82, 2.24) is 25.1 Å². The van der Waals surface area contributed by atoms with Gasteiger partial charge in [-0.05, 0) is 25.7 Å². The number of anilines is 1. The highest BCUT2D eigenvalue weighted by Crippen LogP contribution is 2.28. The van der Waals surface area contributed by atoms with E-state index in [-0.39, 0.29) is 0 Å². The van der Waals surface area contributed by atoms with Gasteiger partial charge in [0.15, 0.2) is 11.6 Å². The van der Waals surface area contributed by atoms with Crippen LogP contribution in [0, 0.1) is 0 Å². The van der Waals surface area contributed by atoms with E-state index >= 15 is 0 Å². The van der Waals surface area contributed by atoms with Gasteiger partial charge in [-0.2, -0.15) is 5.10 Å². The summed E-state index contributed by atoms with van der Waals surface area (Å²) in [6.45, 7) is 3.07. The first-order valence-corrected chi connectivity index (χ1v) is 6.38. The molecule has 1 aliphatic rings. The number of aryl methyl sites for hydroxylation is 1. The fraction of sp³-hybridized carbons (Fsp3) is 0.500. The third-order valence-electron chi connectivity index (χ3n) is 3.10. The lowest BCUT2D eigenvalue weighted by atomic mass is 10.2. The van der Waals surface area contributed by atoms with Gasteiger partial charge in [0.05, 0.1) is 0 Å². The Morgan fingerprint density at radius 1 is 1.33 bits per heavy atom. The quantitative estimate of drug-likeness (QED) is 0.853. The number of nitrogens with one attached hydrogen (secondary N) is 2. The van der Waals surface area contributed by atoms with Crippen LogP contribution in [0.2, 0.25) is 0 Å². The number of hydrogen-bond donors (Lipinski definition) is 2. The summed E-state index contributed by atoms with van der Waals surface area (Å²) in [5.41, 5.74) is 2.42. The SMILES string of the molecule is CCCNc1nc(-c2ncn[nH]2)nc2c1CCC2. The molecule has 2 heterocycles. The minimum absolute atomic E-state index is 0.629. The predicted octanol–water partition coefficient (Wildman–Crippen LogP) is 1.57. The third-order valence-corrected chi connectivity index (χ3v) is 3.10. The maximum absolute atomic E-state index is 4.58. The summed E-state index contributed by atoms with van der Waals surface area (Å²) >= 11 is 0. The first-order valence-electron chi connectivity index (χ1n) is 6.38. The lowest BCUT2D eigenvalue weighted by Gasteiger charge is -2.10. The van der Waals surface area contributed by atoms with Gasteiger partial charge in [-0.1, -0.05) is 6.92 Å². The summed E-state index contributed by atoms with van der Waals surface area (Å²) < 4.78 is 0. The average molecular weight is 244 g/mol. The smallest absolute Gasteiger partial charge is 0.199 e. The average Bonchev–Trinajstić information content (AvgIpc) is 3.05. The van der Waals surface area contributed by atoms with Crippen molar-refractivity contribution in [3.05, 3.63) is 17.6 Å². The number of hydrogen-bond acceptors (Lipinski definition) is 5. The minimum atomic E-state index is 0.629. The Morgan fingerprint density at radius 2 is 2.28 bits per heavy atom. The molecule has 0 radical (unpaired) electrons. The highest BCUT2D eigenvalue weighted by Gasteiger charge is 2.20. The van der Waals surface area contributed by atoms with Crippen LogP contribution in [0.5, 0.6) is 0 Å². The molecule has 0 amide bonds. The Labute approximate surface area is 105 Å². The first-order chi connectivity index (χ1) is 8.88. The van der Waals surface area contributed by atoms with Crippen LogP contribution in [0.25, 0.3) is 11.6 Å². The van der Waals surface area contributed by atoms with E-state index in [1.807, 2.05) is 0 Å². The number of aromatic nitrogens is 5. The standard InChI is InChI=1S/C12H16N6/c1-2-6-13-10-8-4-3-5-9(8)16-12(17-10)11-14-7-15-18-11/h7H,2-6H2,1H3,(H,13,16,17)(H,14,15,18). The second-order valence-corrected chi connectivity index (χ2v) is 4.44. The molecule has 0 aromatic carbocycles. The highest BCUT2D eigenvalue weighted by molar-refractivity contribution is 5.55. The molecule has 6 nitrogen and oxygen atoms in total. The van der Waals surface area contributed by atoms with Gasteiger partial charge < -0.3 is 5.32 Å². The molecule has 0 aliphatic heterocycles. The van der Waals surface area contributed by atoms with Crippen LogP contribution in [-0.2, 0) is 12.8 Å². The Kier molecular flexibility index (Phi) is 2.92. The molecule has 2 aromatic rings. The molecule has 18 heavy (non-hydrogen) atoms. The molecule has 0 saturated heterocycles. The molecule has 94 valence electrons. The number of H-pyrrole nitrogens is 1. The van der Waals surface area contributed by atoms with Gasteiger partial charge in [0.1, 0.15) is 12.1 Å². The normalized spacial score (nSPS) is 13.6. The first kappa shape index (κ1) is 11.1. The highest BCUT2D eigenvalue weighted by atomic mass is 15.2. The molecule has 0 unspecified atom stereocenters. The third kappa shape index (κ3) is 1.94. The van der Waals surface area contributed by atoms with E-state index in [9.17, 15) is 0 Å². The lowest BCUT2D eigenvalue weighted by molar-refractivity contribution is 0.898. The van der Waals surface area contributed by atoms with Gasteiger partial charge in [-0.3, -0.25) is 5.10 Å². The van der Waals surface area contributed by atoms with Crippen LogP contribution in [0.15, 0.2) is 6.33 Å². The molecule has 0 fully saturated rings. The molecule has 2 N–H and O–H groups in total. The van der Waals surface area contributed by atoms with Gasteiger partial charge in [0.25, 0.3) is 0 Å². The van der Waals surface area contributed by atoms with Gasteiger partial charge in [-0.25, -0.2) is 15.0 Å². The topological polar surface area (TPSA) is 79.4 Å². The van der Waals surface area contributed by atoms with Crippen LogP contribution in [0.3, 0.4) is 0 Å². The summed E-state index contributed by atoms with van der Waals surface area (Å²) in [6.07, 6.45) is 5.81. The van der Waals surface area contributed by atoms with E-state index in [0.717, 1.165) is 43.7 Å². The van der Waals surface area contributed by atoms with Crippen molar-refractivity contribution in [2.75, 3.05) is 11.9 Å². The molecular formula is C12H16N6. The number of aromatic amines is 1. The molecule has 6 heteroatoms. The van der Waals surface area contributed by atoms with E-state index in [1.54, 1.807) is 0 Å². The number of rotatable bonds is 4. The zero-order chi connectivity index (χ0) is 12.4. The van der Waals surface area contributed by atoms with Crippen molar-refractivity contribution in [2.24, 2.45) is 0 Å². The fourth-order valence-corrected chi connectivity index (χ4v) is 2.24. The molecule has 0 bridgehead atoms. The van der Waals surface area contributed by atoms with Gasteiger partial charge in [0, 0.05) is 17.8 Å². The zero-order valence-corrected chi connectivity index (χ0v) is 10.4. The summed E-state index contributed by atoms with van der Waals surface area (Å²) in [5.74, 6) is 2.22. The van der Waals surface area contributed by atoms with Gasteiger partial charge in [0.2, 0.25) is 0 Å². The Bertz CT molecular complexity index is 534. The van der Waals surface area contributed by atoms with E-state index in [4.69, 9.17) is 0 Å². The fourth-order valence-electron chi connectivity index (χ4n) is 2.24. The van der Waals surface area contributed by atoms with Crippen molar-refractivity contribution in [1.29, 1.82) is 0 Å². The largest absolute Gasteiger partial charge is 0.370 e. The van der Waals surface area contributed by atoms with E-state index in [1.165, 1.54) is 11.9 Å². The van der Waals surface area contributed by atoms with Crippen molar-refractivity contribution in [3.8, 4) is 11.6 Å². The van der Waals surface area contributed by atoms with E-state index in [0.29, 0.717) is 11.6 Å². The van der Waals surface area contributed by atoms with Crippen molar-refractivity contribution in [3.63, 3.8) is 0 Å². The van der Waals surface area contributed by atoms with Crippen LogP contribution in [0.1, 0.15) is 31.0 Å². The Morgan fingerprint density at radius 3 is 3.06 bits per heavy atom. The van der Waals surface area contributed by atoms with Crippen molar-refractivity contribution in [2.45, 2.75) is 32.6 Å². The second-order valence-electron chi connectivity index (χ2n) is 4.44. The molecule has 2 aromatic heterocycles. The number of fused-ring (bicyclic) bond motifs is 1. The predicted molar refractivity (Wildman–Crippen MR) is 68.2 cm³/mol. The van der Waals surface area contributed by atoms with E-state index in [2.05, 4.69) is 37.4 Å². The maximum atomic E-state index is 4.58. The van der Waals surface area contributed by atoms with Crippen LogP contribution in [-0.4, -0.2) is 31.7 Å². The summed E-state index contributed by atoms with van der Waals surface area (Å²) in [7, 11) is 0. The zero-order valence-electron chi connectivity index (χ0n) is 10.4. The summed E-state index contributed by atoms with van der Waals surface area (Å²) in [6, 6.07) is 0. The van der Waals surface area contributed by atoms with Gasteiger partial charge >= 0.3 is 0 Å². The van der Waals surface area contributed by atoms with Crippen molar-refractivity contribution < 1.29 is 0 Å². The van der Waals surface area contributed by atoms with Crippen LogP contribution >= 0.6 is 0 Å². The molecule has 3 rings (SSSR count). The second kappa shape index (κ2) is 4.72. The molecule has 0 atom stereocenters. The molecule has 1 aliphatic carbocycles. The van der Waals surface area contributed by atoms with Gasteiger partial charge in [-0.15, -0.1) is 0 Å². The molecule has 0 saturated carbocycles.